The molecule has 30 heavy (non-hydrogen) atoms. The van der Waals surface area contributed by atoms with Crippen LogP contribution in [0.4, 0.5) is 5.69 Å². The number of carbonyl (C=O) groups excluding carboxylic acids is 1. The van der Waals surface area contributed by atoms with Crippen LogP contribution >= 0.6 is 35.6 Å². The minimum atomic E-state index is -0.194. The number of halogens is 1. The summed E-state index contributed by atoms with van der Waals surface area (Å²) in [6.07, 6.45) is 1.81. The Bertz CT molecular complexity index is 1150. The third-order valence-electron chi connectivity index (χ3n) is 4.32. The fraction of sp³-hybridized carbons (Fsp3) is 0.0435. The van der Waals surface area contributed by atoms with Gasteiger partial charge in [0.15, 0.2) is 4.32 Å². The summed E-state index contributed by atoms with van der Waals surface area (Å²) in [4.78, 5) is 15.0. The Balaban J connectivity index is 1.58. The van der Waals surface area contributed by atoms with Gasteiger partial charge < -0.3 is 9.47 Å². The first kappa shape index (κ1) is 20.5. The molecule has 4 nitrogen and oxygen atoms in total. The van der Waals surface area contributed by atoms with Crippen molar-refractivity contribution < 1.29 is 14.3 Å². The first-order valence-corrected chi connectivity index (χ1v) is 10.6. The minimum Gasteiger partial charge on any atom is -0.495 e. The largest absolute Gasteiger partial charge is 0.495 e. The van der Waals surface area contributed by atoms with Crippen molar-refractivity contribution in [2.24, 2.45) is 0 Å². The molecule has 0 unspecified atom stereocenters. The van der Waals surface area contributed by atoms with Crippen molar-refractivity contribution in [2.45, 2.75) is 0 Å². The van der Waals surface area contributed by atoms with Crippen LogP contribution in [-0.2, 0) is 4.79 Å². The van der Waals surface area contributed by atoms with Gasteiger partial charge in [-0.15, -0.1) is 0 Å². The summed E-state index contributed by atoms with van der Waals surface area (Å²) in [6, 6.07) is 22.2. The van der Waals surface area contributed by atoms with Crippen LogP contribution in [0.5, 0.6) is 17.2 Å². The van der Waals surface area contributed by atoms with Gasteiger partial charge in [0.1, 0.15) is 17.2 Å². The monoisotopic (exact) mass is 453 g/mol. The average Bonchev–Trinajstić information content (AvgIpc) is 3.02. The van der Waals surface area contributed by atoms with E-state index in [-0.39, 0.29) is 5.91 Å². The quantitative estimate of drug-likeness (QED) is 0.323. The first-order valence-electron chi connectivity index (χ1n) is 8.99. The number of hydrogen-bond donors (Lipinski definition) is 0. The predicted octanol–water partition coefficient (Wildman–Crippen LogP) is 6.55. The lowest BCUT2D eigenvalue weighted by molar-refractivity contribution is -0.113. The number of carbonyl (C=O) groups is 1. The van der Waals surface area contributed by atoms with Gasteiger partial charge in [-0.3, -0.25) is 9.69 Å². The summed E-state index contributed by atoms with van der Waals surface area (Å²) in [7, 11) is 1.54. The van der Waals surface area contributed by atoms with Gasteiger partial charge in [0.05, 0.1) is 22.7 Å². The molecule has 1 fully saturated rings. The van der Waals surface area contributed by atoms with Crippen LogP contribution in [0, 0.1) is 0 Å². The Morgan fingerprint density at radius 2 is 1.77 bits per heavy atom. The van der Waals surface area contributed by atoms with E-state index in [1.807, 2.05) is 60.7 Å². The summed E-state index contributed by atoms with van der Waals surface area (Å²) in [5.74, 6) is 1.78. The smallest absolute Gasteiger partial charge is 0.270 e. The van der Waals surface area contributed by atoms with Gasteiger partial charge in [0.2, 0.25) is 0 Å². The number of ether oxygens (including phenoxy) is 2. The molecular weight excluding hydrogens is 438 g/mol. The molecule has 0 saturated carbocycles. The van der Waals surface area contributed by atoms with E-state index in [4.69, 9.17) is 33.3 Å². The van der Waals surface area contributed by atoms with Gasteiger partial charge in [0, 0.05) is 0 Å². The van der Waals surface area contributed by atoms with E-state index in [1.165, 1.54) is 16.7 Å². The summed E-state index contributed by atoms with van der Waals surface area (Å²) >= 11 is 12.9. The molecular formula is C23H16ClNO3S2. The Morgan fingerprint density at radius 1 is 1.00 bits per heavy atom. The number of methoxy groups -OCH3 is 1. The first-order chi connectivity index (χ1) is 14.5. The highest BCUT2D eigenvalue weighted by molar-refractivity contribution is 8.27. The lowest BCUT2D eigenvalue weighted by Gasteiger charge is -2.15. The molecule has 1 heterocycles. The molecule has 3 aromatic carbocycles. The maximum absolute atomic E-state index is 13.0. The molecule has 1 saturated heterocycles. The zero-order valence-electron chi connectivity index (χ0n) is 15.9. The number of benzene rings is 3. The molecule has 0 bridgehead atoms. The summed E-state index contributed by atoms with van der Waals surface area (Å²) in [5.41, 5.74) is 1.45. The van der Waals surface area contributed by atoms with E-state index in [9.17, 15) is 4.79 Å². The van der Waals surface area contributed by atoms with Crippen molar-refractivity contribution in [3.8, 4) is 17.2 Å². The van der Waals surface area contributed by atoms with Gasteiger partial charge in [-0.1, -0.05) is 65.9 Å². The molecule has 1 amide bonds. The van der Waals surface area contributed by atoms with Gasteiger partial charge >= 0.3 is 0 Å². The SMILES string of the molecule is COc1ccc(N2C(=O)/C(=C\c3cccc(Oc4ccccc4)c3)SC2=S)cc1Cl. The van der Waals surface area contributed by atoms with Crippen LogP contribution in [0.15, 0.2) is 77.7 Å². The number of para-hydroxylation sites is 1. The van der Waals surface area contributed by atoms with Gasteiger partial charge in [0.25, 0.3) is 5.91 Å². The lowest BCUT2D eigenvalue weighted by Crippen LogP contribution is -2.27. The maximum Gasteiger partial charge on any atom is 0.270 e. The number of nitrogens with zero attached hydrogens (tertiary/aromatic N) is 1. The fourth-order valence-electron chi connectivity index (χ4n) is 2.93. The maximum atomic E-state index is 13.0. The predicted molar refractivity (Wildman–Crippen MR) is 127 cm³/mol. The second-order valence-corrected chi connectivity index (χ2v) is 8.41. The van der Waals surface area contributed by atoms with Crippen LogP contribution in [0.3, 0.4) is 0 Å². The van der Waals surface area contributed by atoms with Crippen molar-refractivity contribution in [3.05, 3.63) is 88.3 Å². The number of anilines is 1. The van der Waals surface area contributed by atoms with Crippen LogP contribution in [-0.4, -0.2) is 17.3 Å². The van der Waals surface area contributed by atoms with Gasteiger partial charge in [-0.25, -0.2) is 0 Å². The highest BCUT2D eigenvalue weighted by Gasteiger charge is 2.33. The number of amides is 1. The molecule has 3 aromatic rings. The Labute approximate surface area is 189 Å². The van der Waals surface area contributed by atoms with Crippen LogP contribution < -0.4 is 14.4 Å². The van der Waals surface area contributed by atoms with E-state index < -0.39 is 0 Å². The number of thioether (sulfide) groups is 1. The van der Waals surface area contributed by atoms with Gasteiger partial charge in [-0.2, -0.15) is 0 Å². The van der Waals surface area contributed by atoms with E-state index in [0.717, 1.165) is 11.3 Å². The van der Waals surface area contributed by atoms with E-state index in [0.29, 0.717) is 31.4 Å². The second kappa shape index (κ2) is 8.92. The van der Waals surface area contributed by atoms with Gasteiger partial charge in [-0.05, 0) is 54.1 Å². The number of thiocarbonyl (C=S) groups is 1. The van der Waals surface area contributed by atoms with Crippen LogP contribution in [0.2, 0.25) is 5.02 Å². The highest BCUT2D eigenvalue weighted by atomic mass is 35.5. The lowest BCUT2D eigenvalue weighted by atomic mass is 10.2. The molecule has 0 radical (unpaired) electrons. The van der Waals surface area contributed by atoms with Crippen molar-refractivity contribution in [3.63, 3.8) is 0 Å². The third kappa shape index (κ3) is 4.36. The fourth-order valence-corrected chi connectivity index (χ4v) is 4.48. The summed E-state index contributed by atoms with van der Waals surface area (Å²) in [6.45, 7) is 0. The van der Waals surface area contributed by atoms with E-state index in [2.05, 4.69) is 0 Å². The van der Waals surface area contributed by atoms with E-state index >= 15 is 0 Å². The van der Waals surface area contributed by atoms with Crippen LogP contribution in [0.1, 0.15) is 5.56 Å². The Hall–Kier alpha value is -2.80. The molecule has 0 atom stereocenters. The minimum absolute atomic E-state index is 0.194. The molecule has 0 aliphatic carbocycles. The molecule has 1 aliphatic rings. The molecule has 0 N–H and O–H groups in total. The molecule has 4 rings (SSSR count). The van der Waals surface area contributed by atoms with Crippen molar-refractivity contribution >= 4 is 57.6 Å². The second-order valence-electron chi connectivity index (χ2n) is 6.32. The molecule has 0 aromatic heterocycles. The van der Waals surface area contributed by atoms with Crippen molar-refractivity contribution in [1.29, 1.82) is 0 Å². The van der Waals surface area contributed by atoms with Crippen molar-refractivity contribution in [1.82, 2.24) is 0 Å². The molecule has 150 valence electrons. The topological polar surface area (TPSA) is 38.8 Å². The number of hydrogen-bond acceptors (Lipinski definition) is 5. The zero-order chi connectivity index (χ0) is 21.1. The zero-order valence-corrected chi connectivity index (χ0v) is 18.3. The van der Waals surface area contributed by atoms with Crippen LogP contribution in [0.25, 0.3) is 6.08 Å². The third-order valence-corrected chi connectivity index (χ3v) is 5.92. The standard InChI is InChI=1S/C23H16ClNO3S2/c1-27-20-11-10-16(14-19(20)24)25-22(26)21(30-23(25)29)13-15-6-5-9-18(12-15)28-17-7-3-2-4-8-17/h2-14H,1H3/b21-13+. The summed E-state index contributed by atoms with van der Waals surface area (Å²) in [5, 5.41) is 0.416. The highest BCUT2D eigenvalue weighted by Crippen LogP contribution is 2.38. The number of rotatable bonds is 5. The van der Waals surface area contributed by atoms with Crippen molar-refractivity contribution in [2.75, 3.05) is 12.0 Å². The summed E-state index contributed by atoms with van der Waals surface area (Å²) < 4.78 is 11.5. The molecule has 0 spiro atoms. The Kier molecular flexibility index (Phi) is 6.08. The molecule has 7 heteroatoms. The van der Waals surface area contributed by atoms with E-state index in [1.54, 1.807) is 25.3 Å². The molecule has 1 aliphatic heterocycles. The average molecular weight is 454 g/mol. The Morgan fingerprint density at radius 3 is 2.50 bits per heavy atom. The normalized spacial score (nSPS) is 15.0.